The van der Waals surface area contributed by atoms with Crippen molar-refractivity contribution in [3.8, 4) is 0 Å². The fraction of sp³-hybridized carbons (Fsp3) is 0.130. The fourth-order valence-corrected chi connectivity index (χ4v) is 3.39. The number of ether oxygens (including phenoxy) is 1. The number of aromatic amines is 1. The number of nitrogens with zero attached hydrogens (tertiary/aromatic N) is 1. The second-order valence-corrected chi connectivity index (χ2v) is 7.07. The highest BCUT2D eigenvalue weighted by Gasteiger charge is 2.15. The molecule has 8 nitrogen and oxygen atoms in total. The topological polar surface area (TPSA) is 127 Å². The summed E-state index contributed by atoms with van der Waals surface area (Å²) in [5.74, 6) is -0.935. The summed E-state index contributed by atoms with van der Waals surface area (Å²) in [6, 6.07) is 11.4. The molecule has 0 saturated heterocycles. The molecule has 0 fully saturated rings. The number of aryl methyl sites for hydroxylation is 1. The monoisotopic (exact) mass is 416 g/mol. The molecule has 31 heavy (non-hydrogen) atoms. The molecular formula is C23H20N4O4. The molecule has 2 aromatic carbocycles. The van der Waals surface area contributed by atoms with Crippen LogP contribution in [0.25, 0.3) is 21.8 Å². The van der Waals surface area contributed by atoms with Gasteiger partial charge in [-0.05, 0) is 50.2 Å². The van der Waals surface area contributed by atoms with Gasteiger partial charge >= 0.3 is 5.97 Å². The summed E-state index contributed by atoms with van der Waals surface area (Å²) in [6.07, 6.45) is 1.38. The maximum atomic E-state index is 12.8. The minimum absolute atomic E-state index is 0.156. The van der Waals surface area contributed by atoms with Crippen molar-refractivity contribution in [1.82, 2.24) is 9.97 Å². The molecule has 156 valence electrons. The summed E-state index contributed by atoms with van der Waals surface area (Å²) in [4.78, 5) is 44.4. The third-order valence-corrected chi connectivity index (χ3v) is 4.89. The number of nitrogens with two attached hydrogens (primary N) is 1. The third-order valence-electron chi connectivity index (χ3n) is 4.89. The second-order valence-electron chi connectivity index (χ2n) is 7.07. The molecule has 0 radical (unpaired) electrons. The van der Waals surface area contributed by atoms with Gasteiger partial charge in [0.1, 0.15) is 5.56 Å². The number of rotatable bonds is 4. The number of fused-ring (bicyclic) bond motifs is 2. The normalized spacial score (nSPS) is 10.9. The van der Waals surface area contributed by atoms with Gasteiger partial charge < -0.3 is 20.8 Å². The quantitative estimate of drug-likeness (QED) is 0.438. The van der Waals surface area contributed by atoms with E-state index in [2.05, 4.69) is 15.3 Å². The number of pyridine rings is 2. The van der Waals surface area contributed by atoms with Crippen LogP contribution in [0.1, 0.15) is 33.3 Å². The van der Waals surface area contributed by atoms with E-state index in [4.69, 9.17) is 10.5 Å². The Kier molecular flexibility index (Phi) is 5.12. The van der Waals surface area contributed by atoms with Crippen LogP contribution < -0.4 is 16.5 Å². The van der Waals surface area contributed by atoms with Crippen molar-refractivity contribution >= 4 is 45.1 Å². The summed E-state index contributed by atoms with van der Waals surface area (Å²) in [7, 11) is 0. The number of H-pyrrole nitrogens is 1. The standard InChI is InChI=1S/C23H20N4O4/c1-3-31-23(30)17-11-25-18-7-5-14(10-16(18)21(17)24)27-22(29)13-4-6-19-15(9-13)20(28)8-12(2)26-19/h4-11H,3H2,1-2H3,(H2,24,25)(H,26,28)(H,27,29). The van der Waals surface area contributed by atoms with Gasteiger partial charge in [-0.2, -0.15) is 0 Å². The molecular weight excluding hydrogens is 396 g/mol. The van der Waals surface area contributed by atoms with E-state index in [1.165, 1.54) is 12.3 Å². The fourth-order valence-electron chi connectivity index (χ4n) is 3.39. The first-order valence-corrected chi connectivity index (χ1v) is 9.67. The van der Waals surface area contributed by atoms with Gasteiger partial charge in [-0.25, -0.2) is 4.79 Å². The van der Waals surface area contributed by atoms with Crippen molar-refractivity contribution in [1.29, 1.82) is 0 Å². The predicted molar refractivity (Wildman–Crippen MR) is 119 cm³/mol. The molecule has 2 aromatic heterocycles. The number of hydrogen-bond donors (Lipinski definition) is 3. The summed E-state index contributed by atoms with van der Waals surface area (Å²) < 4.78 is 5.01. The smallest absolute Gasteiger partial charge is 0.341 e. The summed E-state index contributed by atoms with van der Waals surface area (Å²) >= 11 is 0. The number of nitrogen functional groups attached to an aromatic ring is 1. The Morgan fingerprint density at radius 2 is 1.94 bits per heavy atom. The van der Waals surface area contributed by atoms with E-state index < -0.39 is 5.97 Å². The van der Waals surface area contributed by atoms with Crippen LogP contribution in [0.4, 0.5) is 11.4 Å². The lowest BCUT2D eigenvalue weighted by molar-refractivity contribution is 0.0527. The number of carbonyl (C=O) groups excluding carboxylic acids is 2. The lowest BCUT2D eigenvalue weighted by Crippen LogP contribution is -2.13. The van der Waals surface area contributed by atoms with Gasteiger partial charge in [0, 0.05) is 45.5 Å². The number of anilines is 2. The van der Waals surface area contributed by atoms with E-state index in [-0.39, 0.29) is 29.2 Å². The van der Waals surface area contributed by atoms with Crippen molar-refractivity contribution < 1.29 is 14.3 Å². The number of esters is 1. The van der Waals surface area contributed by atoms with Crippen molar-refractivity contribution in [3.63, 3.8) is 0 Å². The highest BCUT2D eigenvalue weighted by molar-refractivity contribution is 6.09. The first-order chi connectivity index (χ1) is 14.9. The van der Waals surface area contributed by atoms with Crippen molar-refractivity contribution in [2.45, 2.75) is 13.8 Å². The predicted octanol–water partition coefficient (Wildman–Crippen LogP) is 3.40. The van der Waals surface area contributed by atoms with E-state index in [0.717, 1.165) is 5.69 Å². The van der Waals surface area contributed by atoms with Gasteiger partial charge in [0.15, 0.2) is 5.43 Å². The van der Waals surface area contributed by atoms with E-state index in [1.807, 2.05) is 0 Å². The number of amides is 1. The molecule has 4 rings (SSSR count). The van der Waals surface area contributed by atoms with Crippen molar-refractivity contribution in [3.05, 3.63) is 75.7 Å². The summed E-state index contributed by atoms with van der Waals surface area (Å²) in [5.41, 5.74) is 9.21. The van der Waals surface area contributed by atoms with Gasteiger partial charge in [0.25, 0.3) is 5.91 Å². The maximum Gasteiger partial charge on any atom is 0.341 e. The van der Waals surface area contributed by atoms with Crippen LogP contribution >= 0.6 is 0 Å². The highest BCUT2D eigenvalue weighted by Crippen LogP contribution is 2.27. The first kappa shape index (κ1) is 20.1. The van der Waals surface area contributed by atoms with E-state index in [0.29, 0.717) is 33.1 Å². The van der Waals surface area contributed by atoms with Gasteiger partial charge in [-0.15, -0.1) is 0 Å². The molecule has 2 heterocycles. The minimum atomic E-state index is -0.555. The average Bonchev–Trinajstić information content (AvgIpc) is 2.74. The molecule has 4 aromatic rings. The van der Waals surface area contributed by atoms with Crippen LogP contribution in [0.2, 0.25) is 0 Å². The number of carbonyl (C=O) groups is 2. The lowest BCUT2D eigenvalue weighted by Gasteiger charge is -2.11. The third kappa shape index (κ3) is 3.83. The van der Waals surface area contributed by atoms with Crippen LogP contribution in [0.5, 0.6) is 0 Å². The molecule has 0 aliphatic heterocycles. The Morgan fingerprint density at radius 1 is 1.13 bits per heavy atom. The van der Waals surface area contributed by atoms with Gasteiger partial charge in [-0.1, -0.05) is 0 Å². The molecule has 0 bridgehead atoms. The van der Waals surface area contributed by atoms with Gasteiger partial charge in [0.05, 0.1) is 17.8 Å². The summed E-state index contributed by atoms with van der Waals surface area (Å²) in [5, 5.41) is 3.75. The molecule has 4 N–H and O–H groups in total. The minimum Gasteiger partial charge on any atom is -0.462 e. The van der Waals surface area contributed by atoms with Crippen LogP contribution in [-0.4, -0.2) is 28.5 Å². The molecule has 8 heteroatoms. The number of aromatic nitrogens is 2. The first-order valence-electron chi connectivity index (χ1n) is 9.67. The van der Waals surface area contributed by atoms with Crippen molar-refractivity contribution in [2.24, 2.45) is 0 Å². The highest BCUT2D eigenvalue weighted by atomic mass is 16.5. The van der Waals surface area contributed by atoms with Crippen LogP contribution in [-0.2, 0) is 4.74 Å². The second kappa shape index (κ2) is 7.91. The Morgan fingerprint density at radius 3 is 2.71 bits per heavy atom. The molecule has 0 spiro atoms. The zero-order valence-electron chi connectivity index (χ0n) is 17.0. The molecule has 1 amide bonds. The Labute approximate surface area is 177 Å². The number of nitrogens with one attached hydrogen (secondary N) is 2. The van der Waals surface area contributed by atoms with E-state index in [1.54, 1.807) is 50.2 Å². The Bertz CT molecular complexity index is 1410. The van der Waals surface area contributed by atoms with Crippen LogP contribution in [0.3, 0.4) is 0 Å². The number of hydrogen-bond acceptors (Lipinski definition) is 6. The van der Waals surface area contributed by atoms with Crippen LogP contribution in [0, 0.1) is 6.92 Å². The molecule has 0 atom stereocenters. The van der Waals surface area contributed by atoms with E-state index >= 15 is 0 Å². The van der Waals surface area contributed by atoms with Crippen LogP contribution in [0.15, 0.2) is 53.5 Å². The van der Waals surface area contributed by atoms with E-state index in [9.17, 15) is 14.4 Å². The zero-order chi connectivity index (χ0) is 22.1. The largest absolute Gasteiger partial charge is 0.462 e. The lowest BCUT2D eigenvalue weighted by atomic mass is 10.1. The molecule has 0 aliphatic carbocycles. The van der Waals surface area contributed by atoms with Gasteiger partial charge in [-0.3, -0.25) is 14.6 Å². The summed E-state index contributed by atoms with van der Waals surface area (Å²) in [6.45, 7) is 3.73. The molecule has 0 unspecified atom stereocenters. The SMILES string of the molecule is CCOC(=O)c1cnc2ccc(NC(=O)c3ccc4[nH]c(C)cc(=O)c4c3)cc2c1N. The van der Waals surface area contributed by atoms with Gasteiger partial charge in [0.2, 0.25) is 0 Å². The Balaban J connectivity index is 1.67. The average molecular weight is 416 g/mol. The Hall–Kier alpha value is -4.20. The number of benzene rings is 2. The molecule has 0 aliphatic rings. The zero-order valence-corrected chi connectivity index (χ0v) is 17.0. The van der Waals surface area contributed by atoms with Crippen molar-refractivity contribution in [2.75, 3.05) is 17.7 Å². The maximum absolute atomic E-state index is 12.8. The molecule has 0 saturated carbocycles.